The minimum atomic E-state index is -0.488. The Morgan fingerprint density at radius 2 is 1.93 bits per heavy atom. The molecule has 1 fully saturated rings. The molecule has 1 saturated heterocycles. The Hall–Kier alpha value is -3.47. The van der Waals surface area contributed by atoms with Crippen molar-refractivity contribution < 1.29 is 14.7 Å². The maximum Gasteiger partial charge on any atom is 0.323 e. The smallest absolute Gasteiger partial charge is 0.323 e. The zero-order valence-electron chi connectivity index (χ0n) is 15.9. The van der Waals surface area contributed by atoms with Gasteiger partial charge in [-0.3, -0.25) is 10.1 Å². The second-order valence-corrected chi connectivity index (χ2v) is 6.79. The number of pyridine rings is 1. The molecule has 1 aromatic carbocycles. The van der Waals surface area contributed by atoms with Crippen LogP contribution in [0.4, 0.5) is 22.9 Å². The first kappa shape index (κ1) is 18.9. The minimum Gasteiger partial charge on any atom is -0.395 e. The van der Waals surface area contributed by atoms with Gasteiger partial charge < -0.3 is 19.8 Å². The van der Waals surface area contributed by atoms with Crippen LogP contribution >= 0.6 is 0 Å². The second-order valence-electron chi connectivity index (χ2n) is 6.79. The van der Waals surface area contributed by atoms with Crippen LogP contribution in [0.15, 0.2) is 35.1 Å². The Labute approximate surface area is 166 Å². The number of fused-ring (bicyclic) bond motifs is 1. The number of hydrogen-bond donors (Lipinski definition) is 1. The molecule has 0 unspecified atom stereocenters. The highest BCUT2D eigenvalue weighted by atomic mass is 16.6. The average Bonchev–Trinajstić information content (AvgIpc) is 3.23. The first-order chi connectivity index (χ1) is 14.1. The molecule has 0 aliphatic carbocycles. The number of rotatable bonds is 6. The molecule has 3 heterocycles. The Kier molecular flexibility index (Phi) is 5.12. The molecular weight excluding hydrogens is 378 g/mol. The fourth-order valence-electron chi connectivity index (χ4n) is 3.60. The molecule has 1 aliphatic rings. The molecule has 2 aromatic heterocycles. The molecule has 29 heavy (non-hydrogen) atoms. The molecule has 0 atom stereocenters. The largest absolute Gasteiger partial charge is 0.395 e. The Morgan fingerprint density at radius 3 is 2.59 bits per heavy atom. The van der Waals surface area contributed by atoms with Crippen LogP contribution in [0.25, 0.3) is 11.0 Å². The number of likely N-dealkylation sites (N-methyl/N-ethyl adjacent to an activating group) is 1. The number of nitrogens with zero attached hydrogens (tertiary/aromatic N) is 7. The van der Waals surface area contributed by atoms with Crippen LogP contribution in [0, 0.1) is 10.1 Å². The predicted molar refractivity (Wildman–Crippen MR) is 107 cm³/mol. The average molecular weight is 399 g/mol. The van der Waals surface area contributed by atoms with Crippen LogP contribution in [0.1, 0.15) is 0 Å². The van der Waals surface area contributed by atoms with Gasteiger partial charge in [-0.05, 0) is 28.5 Å². The second kappa shape index (κ2) is 7.87. The quantitative estimate of drug-likeness (QED) is 0.478. The zero-order valence-corrected chi connectivity index (χ0v) is 15.9. The molecule has 0 bridgehead atoms. The molecule has 3 aromatic rings. The van der Waals surface area contributed by atoms with Crippen molar-refractivity contribution in [2.75, 3.05) is 61.1 Å². The highest BCUT2D eigenvalue weighted by Gasteiger charge is 2.30. The molecule has 1 aliphatic heterocycles. The van der Waals surface area contributed by atoms with Crippen molar-refractivity contribution in [1.29, 1.82) is 0 Å². The summed E-state index contributed by atoms with van der Waals surface area (Å²) in [7, 11) is 1.70. The van der Waals surface area contributed by atoms with Gasteiger partial charge in [0.1, 0.15) is 11.5 Å². The Balaban J connectivity index is 1.68. The number of hydrogen-bond acceptors (Lipinski definition) is 10. The number of aromatic nitrogens is 3. The first-order valence-corrected chi connectivity index (χ1v) is 9.26. The van der Waals surface area contributed by atoms with Crippen molar-refractivity contribution in [1.82, 2.24) is 15.3 Å². The van der Waals surface area contributed by atoms with Crippen LogP contribution in [-0.2, 0) is 0 Å². The number of benzene rings is 1. The lowest BCUT2D eigenvalue weighted by molar-refractivity contribution is -0.382. The number of anilines is 3. The third-order valence-electron chi connectivity index (χ3n) is 5.09. The molecule has 0 saturated carbocycles. The molecular formula is C18H21N7O4. The molecule has 0 radical (unpaired) electrons. The summed E-state index contributed by atoms with van der Waals surface area (Å²) in [5, 5.41) is 28.7. The van der Waals surface area contributed by atoms with Crippen molar-refractivity contribution in [2.45, 2.75) is 0 Å². The van der Waals surface area contributed by atoms with Crippen molar-refractivity contribution in [3.8, 4) is 0 Å². The van der Waals surface area contributed by atoms with Crippen molar-refractivity contribution >= 4 is 33.9 Å². The third kappa shape index (κ3) is 3.51. The van der Waals surface area contributed by atoms with E-state index in [2.05, 4.69) is 25.1 Å². The van der Waals surface area contributed by atoms with Gasteiger partial charge in [-0.1, -0.05) is 6.07 Å². The third-order valence-corrected chi connectivity index (χ3v) is 5.09. The normalized spacial score (nSPS) is 14.4. The van der Waals surface area contributed by atoms with E-state index in [0.29, 0.717) is 24.3 Å². The van der Waals surface area contributed by atoms with Crippen LogP contribution in [0.2, 0.25) is 0 Å². The van der Waals surface area contributed by atoms with E-state index >= 15 is 0 Å². The van der Waals surface area contributed by atoms with E-state index < -0.39 is 4.92 Å². The van der Waals surface area contributed by atoms with Crippen molar-refractivity contribution in [3.05, 3.63) is 40.6 Å². The van der Waals surface area contributed by atoms with Gasteiger partial charge in [0.15, 0.2) is 5.52 Å². The van der Waals surface area contributed by atoms with E-state index in [9.17, 15) is 15.2 Å². The highest BCUT2D eigenvalue weighted by molar-refractivity contribution is 6.00. The molecule has 0 spiro atoms. The van der Waals surface area contributed by atoms with E-state index in [1.54, 1.807) is 24.2 Å². The van der Waals surface area contributed by atoms with E-state index in [1.165, 1.54) is 0 Å². The monoisotopic (exact) mass is 399 g/mol. The van der Waals surface area contributed by atoms with Gasteiger partial charge in [-0.25, -0.2) is 9.61 Å². The summed E-state index contributed by atoms with van der Waals surface area (Å²) >= 11 is 0. The number of piperazine rings is 1. The fraction of sp³-hybridized carbons (Fsp3) is 0.389. The summed E-state index contributed by atoms with van der Waals surface area (Å²) in [5.41, 5.74) is 1.40. The van der Waals surface area contributed by atoms with Gasteiger partial charge in [0.2, 0.25) is 5.52 Å². The topological polar surface area (TPSA) is 125 Å². The summed E-state index contributed by atoms with van der Waals surface area (Å²) in [6, 6.07) is 7.55. The molecule has 152 valence electrons. The van der Waals surface area contributed by atoms with E-state index in [4.69, 9.17) is 4.63 Å². The summed E-state index contributed by atoms with van der Waals surface area (Å²) in [6.45, 7) is 3.02. The molecule has 4 rings (SSSR count). The van der Waals surface area contributed by atoms with Gasteiger partial charge in [0.25, 0.3) is 0 Å². The maximum atomic E-state index is 11.7. The Morgan fingerprint density at radius 1 is 1.21 bits per heavy atom. The van der Waals surface area contributed by atoms with Crippen LogP contribution in [-0.4, -0.2) is 71.7 Å². The first-order valence-electron chi connectivity index (χ1n) is 9.26. The van der Waals surface area contributed by atoms with Gasteiger partial charge in [-0.2, -0.15) is 0 Å². The lowest BCUT2D eigenvalue weighted by Crippen LogP contribution is -2.47. The number of aliphatic hydroxyl groups is 1. The summed E-state index contributed by atoms with van der Waals surface area (Å²) in [4.78, 5) is 21.6. The van der Waals surface area contributed by atoms with Crippen LogP contribution < -0.4 is 14.7 Å². The summed E-state index contributed by atoms with van der Waals surface area (Å²) in [5.74, 6) is 0.924. The zero-order chi connectivity index (χ0) is 20.4. The number of aliphatic hydroxyl groups excluding tert-OH is 1. The van der Waals surface area contributed by atoms with E-state index in [-0.39, 0.29) is 24.4 Å². The molecule has 11 heteroatoms. The lowest BCUT2D eigenvalue weighted by Gasteiger charge is -2.37. The lowest BCUT2D eigenvalue weighted by atomic mass is 10.1. The SMILES string of the molecule is CN(CCO)c1cc(N2CCN(c3ccccn3)CC2)c2nonc2c1[N+](=O)[O-]. The van der Waals surface area contributed by atoms with Crippen molar-refractivity contribution in [3.63, 3.8) is 0 Å². The van der Waals surface area contributed by atoms with Gasteiger partial charge >= 0.3 is 5.69 Å². The van der Waals surface area contributed by atoms with Gasteiger partial charge in [-0.15, -0.1) is 0 Å². The molecule has 1 N–H and O–H groups in total. The van der Waals surface area contributed by atoms with Gasteiger partial charge in [0.05, 0.1) is 17.2 Å². The predicted octanol–water partition coefficient (Wildman–Crippen LogP) is 1.28. The number of nitro groups is 1. The van der Waals surface area contributed by atoms with E-state index in [1.807, 2.05) is 18.2 Å². The van der Waals surface area contributed by atoms with Gasteiger partial charge in [0, 0.05) is 46.0 Å². The van der Waals surface area contributed by atoms with Crippen LogP contribution in [0.5, 0.6) is 0 Å². The summed E-state index contributed by atoms with van der Waals surface area (Å²) < 4.78 is 4.85. The standard InChI is InChI=1S/C18H21N7O4/c1-22(10-11-26)14-12-13(16-17(21-29-20-16)18(14)25(27)28)23-6-8-24(9-7-23)15-4-2-3-5-19-15/h2-5,12,26H,6-11H2,1H3. The Bertz CT molecular complexity index is 1000. The van der Waals surface area contributed by atoms with E-state index in [0.717, 1.165) is 24.6 Å². The maximum absolute atomic E-state index is 11.7. The number of nitro benzene ring substituents is 1. The molecule has 0 amide bonds. The summed E-state index contributed by atoms with van der Waals surface area (Å²) in [6.07, 6.45) is 1.77. The fourth-order valence-corrected chi connectivity index (χ4v) is 3.60. The van der Waals surface area contributed by atoms with Crippen LogP contribution in [0.3, 0.4) is 0 Å². The minimum absolute atomic E-state index is 0.111. The van der Waals surface area contributed by atoms with Crippen molar-refractivity contribution in [2.24, 2.45) is 0 Å². The molecule has 11 nitrogen and oxygen atoms in total. The highest BCUT2D eigenvalue weighted by Crippen LogP contribution is 2.40.